The van der Waals surface area contributed by atoms with Crippen molar-refractivity contribution >= 4 is 17.8 Å². The molecule has 8 nitrogen and oxygen atoms in total. The molecule has 4 atom stereocenters. The molecule has 0 spiro atoms. The van der Waals surface area contributed by atoms with Crippen molar-refractivity contribution < 1.29 is 24.6 Å². The van der Waals surface area contributed by atoms with Gasteiger partial charge in [0.15, 0.2) is 0 Å². The molecule has 0 aromatic carbocycles. The molecule has 0 saturated carbocycles. The highest BCUT2D eigenvalue weighted by atomic mass is 16.4. The third kappa shape index (κ3) is 7.43. The number of aliphatic hydroxyl groups excluding tert-OH is 1. The smallest absolute Gasteiger partial charge is 0.326 e. The van der Waals surface area contributed by atoms with E-state index in [9.17, 15) is 19.5 Å². The molecule has 0 radical (unpaired) electrons. The first-order chi connectivity index (χ1) is 10.6. The van der Waals surface area contributed by atoms with E-state index < -0.39 is 42.5 Å². The van der Waals surface area contributed by atoms with Crippen molar-refractivity contribution in [2.45, 2.75) is 58.7 Å². The summed E-state index contributed by atoms with van der Waals surface area (Å²) >= 11 is 0. The standard InChI is InChI=1S/C15H29N3O5/c1-5-9(4)12(15(22)23)18-14(21)11(7-19)17-13(20)10(16)6-8(2)3/h8-12,19H,5-7,16H2,1-4H3,(H,17,20)(H,18,21)(H,22,23). The van der Waals surface area contributed by atoms with Gasteiger partial charge in [-0.05, 0) is 18.3 Å². The Hall–Kier alpha value is -1.67. The zero-order valence-electron chi connectivity index (χ0n) is 14.2. The second-order valence-corrected chi connectivity index (χ2v) is 6.19. The Morgan fingerprint density at radius 1 is 1.09 bits per heavy atom. The molecule has 2 amide bonds. The first kappa shape index (κ1) is 21.3. The van der Waals surface area contributed by atoms with E-state index in [1.807, 2.05) is 20.8 Å². The number of amides is 2. The van der Waals surface area contributed by atoms with E-state index in [4.69, 9.17) is 10.8 Å². The lowest BCUT2D eigenvalue weighted by atomic mass is 9.99. The van der Waals surface area contributed by atoms with Crippen molar-refractivity contribution in [1.29, 1.82) is 0 Å². The van der Waals surface area contributed by atoms with Crippen LogP contribution in [0.4, 0.5) is 0 Å². The van der Waals surface area contributed by atoms with E-state index in [0.29, 0.717) is 12.8 Å². The van der Waals surface area contributed by atoms with Crippen LogP contribution in [0.3, 0.4) is 0 Å². The Balaban J connectivity index is 4.79. The number of aliphatic hydroxyl groups is 1. The molecular weight excluding hydrogens is 302 g/mol. The summed E-state index contributed by atoms with van der Waals surface area (Å²) in [7, 11) is 0. The number of hydrogen-bond donors (Lipinski definition) is 5. The number of nitrogens with two attached hydrogens (primary N) is 1. The van der Waals surface area contributed by atoms with Crippen molar-refractivity contribution in [1.82, 2.24) is 10.6 Å². The highest BCUT2D eigenvalue weighted by Crippen LogP contribution is 2.08. The molecule has 0 rings (SSSR count). The van der Waals surface area contributed by atoms with Gasteiger partial charge in [0.1, 0.15) is 12.1 Å². The number of carboxylic acid groups (broad SMARTS) is 1. The van der Waals surface area contributed by atoms with Crippen LogP contribution >= 0.6 is 0 Å². The molecule has 0 aliphatic heterocycles. The summed E-state index contributed by atoms with van der Waals surface area (Å²) in [4.78, 5) is 35.2. The maximum atomic E-state index is 12.1. The van der Waals surface area contributed by atoms with Crippen molar-refractivity contribution in [2.75, 3.05) is 6.61 Å². The topological polar surface area (TPSA) is 142 Å². The Kier molecular flexibility index (Phi) is 9.43. The fraction of sp³-hybridized carbons (Fsp3) is 0.800. The second kappa shape index (κ2) is 10.2. The van der Waals surface area contributed by atoms with Gasteiger partial charge in [0, 0.05) is 0 Å². The molecule has 6 N–H and O–H groups in total. The van der Waals surface area contributed by atoms with Crippen LogP contribution in [-0.2, 0) is 14.4 Å². The monoisotopic (exact) mass is 331 g/mol. The van der Waals surface area contributed by atoms with E-state index in [2.05, 4.69) is 10.6 Å². The average molecular weight is 331 g/mol. The van der Waals surface area contributed by atoms with Crippen molar-refractivity contribution in [2.24, 2.45) is 17.6 Å². The Labute approximate surface area is 136 Å². The van der Waals surface area contributed by atoms with Crippen LogP contribution in [0.1, 0.15) is 40.5 Å². The highest BCUT2D eigenvalue weighted by Gasteiger charge is 2.30. The van der Waals surface area contributed by atoms with Gasteiger partial charge in [0.25, 0.3) is 0 Å². The zero-order valence-corrected chi connectivity index (χ0v) is 14.2. The molecule has 4 unspecified atom stereocenters. The molecule has 23 heavy (non-hydrogen) atoms. The van der Waals surface area contributed by atoms with Gasteiger partial charge < -0.3 is 26.6 Å². The normalized spacial score (nSPS) is 16.3. The number of hydrogen-bond acceptors (Lipinski definition) is 5. The van der Waals surface area contributed by atoms with Crippen LogP contribution in [-0.4, -0.2) is 52.7 Å². The predicted molar refractivity (Wildman–Crippen MR) is 85.5 cm³/mol. The first-order valence-corrected chi connectivity index (χ1v) is 7.83. The fourth-order valence-electron chi connectivity index (χ4n) is 2.02. The van der Waals surface area contributed by atoms with Gasteiger partial charge in [0.05, 0.1) is 12.6 Å². The summed E-state index contributed by atoms with van der Waals surface area (Å²) < 4.78 is 0. The average Bonchev–Trinajstić information content (AvgIpc) is 2.47. The molecule has 0 heterocycles. The minimum atomic E-state index is -1.23. The van der Waals surface area contributed by atoms with E-state index in [1.165, 1.54) is 0 Å². The van der Waals surface area contributed by atoms with Crippen molar-refractivity contribution in [3.05, 3.63) is 0 Å². The van der Waals surface area contributed by atoms with Crippen LogP contribution in [0, 0.1) is 11.8 Å². The maximum absolute atomic E-state index is 12.1. The number of rotatable bonds is 10. The Bertz CT molecular complexity index is 414. The molecule has 0 aromatic rings. The largest absolute Gasteiger partial charge is 0.480 e. The molecule has 0 bridgehead atoms. The first-order valence-electron chi connectivity index (χ1n) is 7.83. The highest BCUT2D eigenvalue weighted by molar-refractivity contribution is 5.91. The molecule has 0 fully saturated rings. The maximum Gasteiger partial charge on any atom is 0.326 e. The molecule has 0 saturated heterocycles. The molecular formula is C15H29N3O5. The minimum Gasteiger partial charge on any atom is -0.480 e. The summed E-state index contributed by atoms with van der Waals surface area (Å²) in [6.45, 7) is 6.69. The summed E-state index contributed by atoms with van der Waals surface area (Å²) in [5, 5.41) is 23.2. The van der Waals surface area contributed by atoms with Gasteiger partial charge >= 0.3 is 5.97 Å². The molecule has 134 valence electrons. The quantitative estimate of drug-likeness (QED) is 0.364. The van der Waals surface area contributed by atoms with E-state index in [1.54, 1.807) is 6.92 Å². The minimum absolute atomic E-state index is 0.207. The number of aliphatic carboxylic acids is 1. The van der Waals surface area contributed by atoms with Gasteiger partial charge in [-0.2, -0.15) is 0 Å². The SMILES string of the molecule is CCC(C)C(NC(=O)C(CO)NC(=O)C(N)CC(C)C)C(=O)O. The fourth-order valence-corrected chi connectivity index (χ4v) is 2.02. The Morgan fingerprint density at radius 2 is 1.65 bits per heavy atom. The third-order valence-electron chi connectivity index (χ3n) is 3.65. The van der Waals surface area contributed by atoms with Crippen LogP contribution < -0.4 is 16.4 Å². The van der Waals surface area contributed by atoms with Crippen LogP contribution in [0.25, 0.3) is 0 Å². The van der Waals surface area contributed by atoms with Gasteiger partial charge in [-0.25, -0.2) is 4.79 Å². The predicted octanol–water partition coefficient (Wildman–Crippen LogP) is -0.548. The van der Waals surface area contributed by atoms with E-state index in [-0.39, 0.29) is 11.8 Å². The van der Waals surface area contributed by atoms with Gasteiger partial charge in [0.2, 0.25) is 11.8 Å². The summed E-state index contributed by atoms with van der Waals surface area (Å²) in [6.07, 6.45) is 1.00. The third-order valence-corrected chi connectivity index (χ3v) is 3.65. The molecule has 0 aromatic heterocycles. The Morgan fingerprint density at radius 3 is 2.04 bits per heavy atom. The summed E-state index contributed by atoms with van der Waals surface area (Å²) in [5.74, 6) is -2.53. The lowest BCUT2D eigenvalue weighted by molar-refractivity contribution is -0.144. The van der Waals surface area contributed by atoms with E-state index >= 15 is 0 Å². The van der Waals surface area contributed by atoms with Crippen LogP contribution in [0.15, 0.2) is 0 Å². The van der Waals surface area contributed by atoms with Gasteiger partial charge in [-0.3, -0.25) is 9.59 Å². The van der Waals surface area contributed by atoms with Gasteiger partial charge in [-0.15, -0.1) is 0 Å². The lowest BCUT2D eigenvalue weighted by Gasteiger charge is -2.24. The van der Waals surface area contributed by atoms with Crippen molar-refractivity contribution in [3.63, 3.8) is 0 Å². The zero-order chi connectivity index (χ0) is 18.2. The molecule has 0 aliphatic rings. The summed E-state index contributed by atoms with van der Waals surface area (Å²) in [5.41, 5.74) is 5.72. The van der Waals surface area contributed by atoms with E-state index in [0.717, 1.165) is 0 Å². The number of carbonyl (C=O) groups is 3. The second-order valence-electron chi connectivity index (χ2n) is 6.19. The van der Waals surface area contributed by atoms with Gasteiger partial charge in [-0.1, -0.05) is 34.1 Å². The van der Waals surface area contributed by atoms with Crippen LogP contribution in [0.2, 0.25) is 0 Å². The van der Waals surface area contributed by atoms with Crippen molar-refractivity contribution in [3.8, 4) is 0 Å². The summed E-state index contributed by atoms with van der Waals surface area (Å²) in [6, 6.07) is -3.10. The number of carbonyl (C=O) groups excluding carboxylic acids is 2. The van der Waals surface area contributed by atoms with Crippen LogP contribution in [0.5, 0.6) is 0 Å². The molecule has 0 aliphatic carbocycles. The number of carboxylic acids is 1. The molecule has 8 heteroatoms. The lowest BCUT2D eigenvalue weighted by Crippen LogP contribution is -2.57. The number of nitrogens with one attached hydrogen (secondary N) is 2.